The monoisotopic (exact) mass is 608 g/mol. The Hall–Kier alpha value is -2.54. The molecule has 38 heavy (non-hydrogen) atoms. The summed E-state index contributed by atoms with van der Waals surface area (Å²) in [5, 5.41) is 0. The van der Waals surface area contributed by atoms with Crippen LogP contribution < -0.4 is 9.47 Å². The van der Waals surface area contributed by atoms with E-state index in [0.717, 1.165) is 11.1 Å². The third kappa shape index (κ3) is 11.1. The fourth-order valence-corrected chi connectivity index (χ4v) is 5.21. The van der Waals surface area contributed by atoms with Crippen LogP contribution >= 0.6 is 46.4 Å². The molecule has 0 N–H and O–H groups in total. The van der Waals surface area contributed by atoms with Crippen molar-refractivity contribution in [2.45, 2.75) is 66.3 Å². The van der Waals surface area contributed by atoms with Crippen LogP contribution in [0.25, 0.3) is 0 Å². The molecule has 14 heteroatoms. The zero-order valence-corrected chi connectivity index (χ0v) is 25.0. The molecule has 2 rings (SSSR count). The maximum Gasteiger partial charge on any atom is 0.308 e. The van der Waals surface area contributed by atoms with E-state index in [1.54, 1.807) is 26.2 Å². The van der Waals surface area contributed by atoms with E-state index in [9.17, 15) is 19.2 Å². The second kappa shape index (κ2) is 17.1. The van der Waals surface area contributed by atoms with Crippen molar-refractivity contribution in [3.05, 3.63) is 46.0 Å². The van der Waals surface area contributed by atoms with Gasteiger partial charge in [-0.2, -0.15) is 0 Å². The maximum absolute atomic E-state index is 11.6. The number of hydrogen-bond acceptors (Lipinski definition) is 12. The normalized spacial score (nSPS) is 9.95. The molecule has 0 fully saturated rings. The molecule has 0 saturated carbocycles. The van der Waals surface area contributed by atoms with Crippen molar-refractivity contribution in [2.24, 2.45) is 0 Å². The van der Waals surface area contributed by atoms with Crippen molar-refractivity contribution in [2.75, 3.05) is 0 Å². The Kier molecular flexibility index (Phi) is 16.0. The van der Waals surface area contributed by atoms with Crippen molar-refractivity contribution >= 4 is 70.3 Å². The molecular formula is C24H30Cl2N2O8S2. The smallest absolute Gasteiger partial charge is 0.308 e. The minimum absolute atomic E-state index is 0. The Morgan fingerprint density at radius 2 is 1.00 bits per heavy atom. The van der Waals surface area contributed by atoms with Crippen LogP contribution in [0.15, 0.2) is 12.4 Å². The molecule has 0 amide bonds. The molecule has 0 bridgehead atoms. The van der Waals surface area contributed by atoms with Crippen LogP contribution in [-0.4, -0.2) is 33.8 Å². The highest BCUT2D eigenvalue weighted by Crippen LogP contribution is 2.36. The summed E-state index contributed by atoms with van der Waals surface area (Å²) in [5.74, 6) is -0.411. The quantitative estimate of drug-likeness (QED) is 0.193. The predicted molar refractivity (Wildman–Crippen MR) is 149 cm³/mol. The number of halogens is 2. The van der Waals surface area contributed by atoms with Crippen LogP contribution in [0.3, 0.4) is 0 Å². The van der Waals surface area contributed by atoms with Gasteiger partial charge in [-0.25, -0.2) is 0 Å². The van der Waals surface area contributed by atoms with Gasteiger partial charge in [0.1, 0.15) is 13.2 Å². The van der Waals surface area contributed by atoms with Gasteiger partial charge in [0, 0.05) is 62.7 Å². The number of ether oxygens (including phenoxy) is 4. The second-order valence-corrected chi connectivity index (χ2v) is 10.1. The molecule has 210 valence electrons. The summed E-state index contributed by atoms with van der Waals surface area (Å²) in [6.07, 6.45) is 3.32. The minimum Gasteiger partial charge on any atom is -0.461 e. The van der Waals surface area contributed by atoms with Crippen molar-refractivity contribution in [1.82, 2.24) is 9.97 Å². The maximum atomic E-state index is 11.6. The Bertz CT molecular complexity index is 1080. The van der Waals surface area contributed by atoms with Gasteiger partial charge in [0.15, 0.2) is 11.5 Å². The van der Waals surface area contributed by atoms with Crippen molar-refractivity contribution in [3.8, 4) is 11.5 Å². The van der Waals surface area contributed by atoms with E-state index < -0.39 is 23.9 Å². The van der Waals surface area contributed by atoms with Gasteiger partial charge in [0.2, 0.25) is 0 Å². The molecule has 2 heterocycles. The van der Waals surface area contributed by atoms with Crippen molar-refractivity contribution < 1.29 is 38.1 Å². The summed E-state index contributed by atoms with van der Waals surface area (Å²) in [4.78, 5) is 54.6. The Balaban J connectivity index is 0.00000684. The summed E-state index contributed by atoms with van der Waals surface area (Å²) in [6.45, 7) is 8.49. The number of rotatable bonds is 11. The molecule has 0 unspecified atom stereocenters. The Morgan fingerprint density at radius 3 is 1.29 bits per heavy atom. The lowest BCUT2D eigenvalue weighted by Crippen LogP contribution is -2.11. The molecular weight excluding hydrogens is 579 g/mol. The molecule has 0 aliphatic rings. The van der Waals surface area contributed by atoms with E-state index in [2.05, 4.69) is 9.97 Å². The van der Waals surface area contributed by atoms with E-state index in [-0.39, 0.29) is 49.5 Å². The summed E-state index contributed by atoms with van der Waals surface area (Å²) >= 11 is 0. The molecule has 0 radical (unpaired) electrons. The average molecular weight is 610 g/mol. The number of aromatic nitrogens is 2. The lowest BCUT2D eigenvalue weighted by Gasteiger charge is -2.16. The predicted octanol–water partition coefficient (Wildman–Crippen LogP) is 5.00. The highest BCUT2D eigenvalue weighted by Gasteiger charge is 2.19. The van der Waals surface area contributed by atoms with E-state index in [1.165, 1.54) is 49.3 Å². The Labute approximate surface area is 241 Å². The van der Waals surface area contributed by atoms with Crippen molar-refractivity contribution in [3.63, 3.8) is 0 Å². The number of pyridine rings is 2. The largest absolute Gasteiger partial charge is 0.461 e. The minimum atomic E-state index is -0.501. The number of carbonyl (C=O) groups is 4. The van der Waals surface area contributed by atoms with Gasteiger partial charge in [-0.15, -0.1) is 24.8 Å². The highest BCUT2D eigenvalue weighted by molar-refractivity contribution is 8.76. The molecule has 0 aliphatic carbocycles. The second-order valence-electron chi connectivity index (χ2n) is 7.63. The van der Waals surface area contributed by atoms with Crippen molar-refractivity contribution in [1.29, 1.82) is 0 Å². The molecule has 10 nitrogen and oxygen atoms in total. The van der Waals surface area contributed by atoms with Gasteiger partial charge >= 0.3 is 23.9 Å². The SMILES string of the molecule is CC(=O)OCc1c(CSSCc2cnc(C)c(OC(C)=O)c2COC(C)=O)cnc(C)c1OC(C)=O.Cl.Cl. The van der Waals surface area contributed by atoms with Crippen LogP contribution in [0.1, 0.15) is 61.3 Å². The Morgan fingerprint density at radius 1 is 0.658 bits per heavy atom. The number of carbonyl (C=O) groups excluding carboxylic acids is 4. The van der Waals surface area contributed by atoms with Crippen LogP contribution in [-0.2, 0) is 53.4 Å². The van der Waals surface area contributed by atoms with E-state index in [1.807, 2.05) is 0 Å². The molecule has 0 saturated heterocycles. The van der Waals surface area contributed by atoms with E-state index in [0.29, 0.717) is 34.0 Å². The topological polar surface area (TPSA) is 131 Å². The van der Waals surface area contributed by atoms with Gasteiger partial charge < -0.3 is 18.9 Å². The molecule has 0 aliphatic heterocycles. The lowest BCUT2D eigenvalue weighted by molar-refractivity contribution is -0.143. The van der Waals surface area contributed by atoms with Gasteiger partial charge in [-0.05, 0) is 25.0 Å². The van der Waals surface area contributed by atoms with Gasteiger partial charge in [-0.3, -0.25) is 29.1 Å². The zero-order valence-electron chi connectivity index (χ0n) is 21.8. The van der Waals surface area contributed by atoms with Crippen LogP contribution in [0.4, 0.5) is 0 Å². The van der Waals surface area contributed by atoms with Crippen LogP contribution in [0, 0.1) is 13.8 Å². The van der Waals surface area contributed by atoms with Crippen LogP contribution in [0.5, 0.6) is 11.5 Å². The first-order valence-electron chi connectivity index (χ1n) is 10.8. The number of esters is 4. The molecule has 0 atom stereocenters. The van der Waals surface area contributed by atoms with Crippen LogP contribution in [0.2, 0.25) is 0 Å². The fraction of sp³-hybridized carbons (Fsp3) is 0.417. The molecule has 0 spiro atoms. The number of aryl methyl sites for hydroxylation is 2. The van der Waals surface area contributed by atoms with Gasteiger partial charge in [0.25, 0.3) is 0 Å². The summed E-state index contributed by atoms with van der Waals surface area (Å²) in [7, 11) is 2.99. The number of hydrogen-bond donors (Lipinski definition) is 0. The summed E-state index contributed by atoms with van der Waals surface area (Å²) in [6, 6.07) is 0. The standard InChI is InChI=1S/C24H28N2O8S2.2ClH/c1-13-23(33-17(5)29)21(9-31-15(3)27)19(7-25-13)11-35-36-12-20-8-26-14(2)24(34-18(6)30)22(20)10-32-16(4)28;;/h7-8H,9-12H2,1-6H3;2*1H. The number of nitrogens with zero attached hydrogens (tertiary/aromatic N) is 2. The first-order valence-corrected chi connectivity index (χ1v) is 13.3. The summed E-state index contributed by atoms with van der Waals surface area (Å²) < 4.78 is 21.0. The first-order chi connectivity index (χ1) is 17.0. The van der Waals surface area contributed by atoms with E-state index in [4.69, 9.17) is 18.9 Å². The van der Waals surface area contributed by atoms with Gasteiger partial charge in [-0.1, -0.05) is 21.6 Å². The fourth-order valence-electron chi connectivity index (χ4n) is 3.03. The third-order valence-corrected chi connectivity index (χ3v) is 6.88. The van der Waals surface area contributed by atoms with Gasteiger partial charge in [0.05, 0.1) is 11.4 Å². The lowest BCUT2D eigenvalue weighted by atomic mass is 10.1. The first kappa shape index (κ1) is 35.5. The zero-order chi connectivity index (χ0) is 26.8. The molecule has 2 aromatic heterocycles. The third-order valence-electron chi connectivity index (χ3n) is 4.65. The average Bonchev–Trinajstić information content (AvgIpc) is 2.78. The van der Waals surface area contributed by atoms with E-state index >= 15 is 0 Å². The molecule has 2 aromatic rings. The molecule has 0 aromatic carbocycles. The summed E-state index contributed by atoms with van der Waals surface area (Å²) in [5.41, 5.74) is 3.66. The highest BCUT2D eigenvalue weighted by atomic mass is 35.5.